The van der Waals surface area contributed by atoms with Gasteiger partial charge in [-0.3, -0.25) is 4.79 Å². The number of benzene rings is 1. The Kier molecular flexibility index (Phi) is 6.20. The van der Waals surface area contributed by atoms with E-state index in [0.29, 0.717) is 21.9 Å². The molecule has 0 aliphatic rings. The van der Waals surface area contributed by atoms with Gasteiger partial charge in [-0.15, -0.1) is 23.1 Å². The Morgan fingerprint density at radius 2 is 2.04 bits per heavy atom. The number of methoxy groups -OCH3 is 1. The maximum atomic E-state index is 11.9. The SMILES string of the molecule is COC(=O)c1sccc1NC(=O)CSCc1ccc(C#N)cc1. The second kappa shape index (κ2) is 8.36. The summed E-state index contributed by atoms with van der Waals surface area (Å²) in [4.78, 5) is 23.9. The molecule has 0 saturated heterocycles. The number of carbonyl (C=O) groups excluding carboxylic acids is 2. The number of hydrogen-bond donors (Lipinski definition) is 1. The molecule has 0 atom stereocenters. The smallest absolute Gasteiger partial charge is 0.350 e. The molecule has 1 aromatic carbocycles. The molecule has 0 aliphatic heterocycles. The molecule has 0 bridgehead atoms. The fourth-order valence-corrected chi connectivity index (χ4v) is 3.34. The molecule has 118 valence electrons. The van der Waals surface area contributed by atoms with Crippen LogP contribution in [0.4, 0.5) is 5.69 Å². The number of esters is 1. The summed E-state index contributed by atoms with van der Waals surface area (Å²) in [7, 11) is 1.31. The van der Waals surface area contributed by atoms with Gasteiger partial charge in [0.2, 0.25) is 5.91 Å². The van der Waals surface area contributed by atoms with E-state index in [1.165, 1.54) is 30.2 Å². The zero-order valence-electron chi connectivity index (χ0n) is 12.4. The Labute approximate surface area is 142 Å². The van der Waals surface area contributed by atoms with E-state index in [1.807, 2.05) is 12.1 Å². The van der Waals surface area contributed by atoms with Crippen LogP contribution in [0.3, 0.4) is 0 Å². The Morgan fingerprint density at radius 1 is 1.30 bits per heavy atom. The van der Waals surface area contributed by atoms with Crippen molar-refractivity contribution >= 4 is 40.7 Å². The lowest BCUT2D eigenvalue weighted by atomic mass is 10.2. The lowest BCUT2D eigenvalue weighted by Gasteiger charge is -2.06. The van der Waals surface area contributed by atoms with E-state index in [-0.39, 0.29) is 11.7 Å². The van der Waals surface area contributed by atoms with Crippen molar-refractivity contribution in [1.29, 1.82) is 5.26 Å². The minimum absolute atomic E-state index is 0.174. The molecule has 0 unspecified atom stereocenters. The highest BCUT2D eigenvalue weighted by atomic mass is 32.2. The number of amides is 1. The molecule has 0 aliphatic carbocycles. The van der Waals surface area contributed by atoms with E-state index in [1.54, 1.807) is 23.6 Å². The summed E-state index contributed by atoms with van der Waals surface area (Å²) >= 11 is 2.69. The van der Waals surface area contributed by atoms with E-state index in [0.717, 1.165) is 5.56 Å². The zero-order valence-corrected chi connectivity index (χ0v) is 14.0. The molecule has 1 N–H and O–H groups in total. The van der Waals surface area contributed by atoms with Gasteiger partial charge in [-0.25, -0.2) is 4.79 Å². The summed E-state index contributed by atoms with van der Waals surface area (Å²) in [6.45, 7) is 0. The maximum Gasteiger partial charge on any atom is 0.350 e. The summed E-state index contributed by atoms with van der Waals surface area (Å²) in [5, 5.41) is 13.2. The van der Waals surface area contributed by atoms with E-state index < -0.39 is 5.97 Å². The van der Waals surface area contributed by atoms with Gasteiger partial charge in [-0.05, 0) is 29.1 Å². The van der Waals surface area contributed by atoms with Crippen LogP contribution in [0.5, 0.6) is 0 Å². The van der Waals surface area contributed by atoms with Crippen molar-refractivity contribution in [3.8, 4) is 6.07 Å². The third kappa shape index (κ3) is 4.84. The van der Waals surface area contributed by atoms with E-state index >= 15 is 0 Å². The molecule has 1 amide bonds. The number of nitrogens with zero attached hydrogens (tertiary/aromatic N) is 1. The predicted octanol–water partition coefficient (Wildman–Crippen LogP) is 3.28. The standard InChI is InChI=1S/C16H14N2O3S2/c1-21-16(20)15-13(6-7-23-15)18-14(19)10-22-9-12-4-2-11(8-17)3-5-12/h2-7H,9-10H2,1H3,(H,18,19). The Bertz CT molecular complexity index is 733. The Hall–Kier alpha value is -2.30. The molecule has 2 aromatic rings. The molecule has 0 spiro atoms. The number of thioether (sulfide) groups is 1. The number of hydrogen-bond acceptors (Lipinski definition) is 6. The molecule has 1 aromatic heterocycles. The van der Waals surface area contributed by atoms with Gasteiger partial charge in [0.1, 0.15) is 4.88 Å². The van der Waals surface area contributed by atoms with Gasteiger partial charge >= 0.3 is 5.97 Å². The van der Waals surface area contributed by atoms with Crippen LogP contribution in [0, 0.1) is 11.3 Å². The molecule has 7 heteroatoms. The van der Waals surface area contributed by atoms with E-state index in [9.17, 15) is 9.59 Å². The minimum Gasteiger partial charge on any atom is -0.465 e. The second-order valence-corrected chi connectivity index (χ2v) is 6.41. The molecular formula is C16H14N2O3S2. The fourth-order valence-electron chi connectivity index (χ4n) is 1.78. The van der Waals surface area contributed by atoms with Crippen molar-refractivity contribution in [1.82, 2.24) is 0 Å². The average Bonchev–Trinajstić information content (AvgIpc) is 3.02. The lowest BCUT2D eigenvalue weighted by Crippen LogP contribution is -2.15. The molecule has 1 heterocycles. The summed E-state index contributed by atoms with van der Waals surface area (Å²) in [5.41, 5.74) is 2.14. The summed E-state index contributed by atoms with van der Waals surface area (Å²) in [6, 6.07) is 11.0. The van der Waals surface area contributed by atoms with Crippen molar-refractivity contribution in [2.45, 2.75) is 5.75 Å². The van der Waals surface area contributed by atoms with Gasteiger partial charge in [0, 0.05) is 5.75 Å². The lowest BCUT2D eigenvalue weighted by molar-refractivity contribution is -0.113. The van der Waals surface area contributed by atoms with Crippen molar-refractivity contribution in [3.63, 3.8) is 0 Å². The number of rotatable bonds is 6. The van der Waals surface area contributed by atoms with Crippen molar-refractivity contribution in [2.24, 2.45) is 0 Å². The highest BCUT2D eigenvalue weighted by Crippen LogP contribution is 2.23. The topological polar surface area (TPSA) is 79.2 Å². The number of ether oxygens (including phenoxy) is 1. The van der Waals surface area contributed by atoms with Crippen molar-refractivity contribution < 1.29 is 14.3 Å². The van der Waals surface area contributed by atoms with E-state index in [2.05, 4.69) is 16.1 Å². The van der Waals surface area contributed by atoms with Crippen molar-refractivity contribution in [3.05, 3.63) is 51.7 Å². The number of thiophene rings is 1. The summed E-state index contributed by atoms with van der Waals surface area (Å²) in [6.07, 6.45) is 0. The first-order chi connectivity index (χ1) is 11.1. The minimum atomic E-state index is -0.458. The van der Waals surface area contributed by atoms with Gasteiger partial charge in [0.25, 0.3) is 0 Å². The van der Waals surface area contributed by atoms with Gasteiger partial charge in [0.15, 0.2) is 0 Å². The predicted molar refractivity (Wildman–Crippen MR) is 91.6 cm³/mol. The third-order valence-corrected chi connectivity index (χ3v) is 4.79. The Morgan fingerprint density at radius 3 is 2.70 bits per heavy atom. The molecule has 0 saturated carbocycles. The molecule has 0 fully saturated rings. The van der Waals surface area contributed by atoms with Crippen LogP contribution in [-0.2, 0) is 15.3 Å². The second-order valence-electron chi connectivity index (χ2n) is 4.50. The molecule has 2 rings (SSSR count). The first kappa shape index (κ1) is 17.1. The molecular weight excluding hydrogens is 332 g/mol. The normalized spacial score (nSPS) is 9.91. The van der Waals surface area contributed by atoms with Gasteiger partial charge in [0.05, 0.1) is 30.2 Å². The van der Waals surface area contributed by atoms with Gasteiger partial charge in [-0.1, -0.05) is 12.1 Å². The van der Waals surface area contributed by atoms with Gasteiger partial charge in [-0.2, -0.15) is 5.26 Å². The maximum absolute atomic E-state index is 11.9. The molecule has 5 nitrogen and oxygen atoms in total. The summed E-state index contributed by atoms with van der Waals surface area (Å²) in [5.74, 6) is 0.316. The zero-order chi connectivity index (χ0) is 16.7. The van der Waals surface area contributed by atoms with Crippen LogP contribution in [0.15, 0.2) is 35.7 Å². The fraction of sp³-hybridized carbons (Fsp3) is 0.188. The monoisotopic (exact) mass is 346 g/mol. The largest absolute Gasteiger partial charge is 0.465 e. The summed E-state index contributed by atoms with van der Waals surface area (Å²) < 4.78 is 4.67. The highest BCUT2D eigenvalue weighted by molar-refractivity contribution is 7.99. The van der Waals surface area contributed by atoms with E-state index in [4.69, 9.17) is 5.26 Å². The van der Waals surface area contributed by atoms with Crippen LogP contribution in [0.1, 0.15) is 20.8 Å². The third-order valence-electron chi connectivity index (χ3n) is 2.90. The number of nitriles is 1. The Balaban J connectivity index is 1.82. The first-order valence-corrected chi connectivity index (χ1v) is 8.70. The van der Waals surface area contributed by atoms with Crippen LogP contribution in [0.25, 0.3) is 0 Å². The van der Waals surface area contributed by atoms with Crippen LogP contribution in [0.2, 0.25) is 0 Å². The highest BCUT2D eigenvalue weighted by Gasteiger charge is 2.15. The van der Waals surface area contributed by atoms with Crippen LogP contribution < -0.4 is 5.32 Å². The van der Waals surface area contributed by atoms with Crippen molar-refractivity contribution in [2.75, 3.05) is 18.2 Å². The quantitative estimate of drug-likeness (QED) is 0.812. The van der Waals surface area contributed by atoms with Gasteiger partial charge < -0.3 is 10.1 Å². The first-order valence-electron chi connectivity index (χ1n) is 6.66. The molecule has 23 heavy (non-hydrogen) atoms. The number of carbonyl (C=O) groups is 2. The van der Waals surface area contributed by atoms with Crippen LogP contribution >= 0.6 is 23.1 Å². The molecule has 0 radical (unpaired) electrons. The number of nitrogens with one attached hydrogen (secondary N) is 1. The number of anilines is 1. The van der Waals surface area contributed by atoms with Crippen LogP contribution in [-0.4, -0.2) is 24.7 Å². The average molecular weight is 346 g/mol.